The molecule has 1 aliphatic heterocycles. The van der Waals surface area contributed by atoms with Crippen molar-refractivity contribution in [1.29, 1.82) is 5.26 Å². The molecule has 1 aromatic carbocycles. The third-order valence-corrected chi connectivity index (χ3v) is 7.15. The smallest absolute Gasteiger partial charge is 0.173 e. The second-order valence-corrected chi connectivity index (χ2v) is 9.42. The molecule has 4 aromatic heterocycles. The van der Waals surface area contributed by atoms with Gasteiger partial charge in [-0.2, -0.15) is 15.0 Å². The minimum absolute atomic E-state index is 0.218. The van der Waals surface area contributed by atoms with Gasteiger partial charge < -0.3 is 9.47 Å². The third-order valence-electron chi connectivity index (χ3n) is 6.82. The number of rotatable bonds is 4. The Morgan fingerprint density at radius 3 is 2.62 bits per heavy atom. The van der Waals surface area contributed by atoms with Crippen LogP contribution in [0, 0.1) is 11.3 Å². The highest BCUT2D eigenvalue weighted by atomic mass is 35.5. The van der Waals surface area contributed by atoms with E-state index in [-0.39, 0.29) is 12.8 Å². The summed E-state index contributed by atoms with van der Waals surface area (Å²) in [6.07, 6.45) is 5.24. The SMILES string of the molecule is Cn1cnnc1C1(F)CCN(c2c(C#N)ccnc2-c2cnn3nc(-c4ccccc4Cl)ccc23)CC1. The number of fused-ring (bicyclic) bond motifs is 1. The predicted molar refractivity (Wildman–Crippen MR) is 137 cm³/mol. The topological polar surface area (TPSA) is 101 Å². The molecule has 6 rings (SSSR count). The molecular weight excluding hydrogens is 493 g/mol. The van der Waals surface area contributed by atoms with Crippen LogP contribution in [0.5, 0.6) is 0 Å². The Balaban J connectivity index is 1.38. The summed E-state index contributed by atoms with van der Waals surface area (Å²) in [5, 5.41) is 27.5. The standard InChI is InChI=1S/C26H21ClFN9/c1-35-16-31-33-25(35)26(28)9-12-36(13-10-26)24-17(14-29)8-11-30-23(24)19-15-32-37-22(19)7-6-21(34-37)18-4-2-3-5-20(18)27/h2-8,11,15-16H,9-10,12-13H2,1H3. The van der Waals surface area contributed by atoms with Gasteiger partial charge in [0.05, 0.1) is 44.9 Å². The summed E-state index contributed by atoms with van der Waals surface area (Å²) >= 11 is 6.36. The summed E-state index contributed by atoms with van der Waals surface area (Å²) < 4.78 is 19.0. The van der Waals surface area contributed by atoms with Gasteiger partial charge in [0.2, 0.25) is 0 Å². The predicted octanol–water partition coefficient (Wildman–Crippen LogP) is 4.58. The number of benzene rings is 1. The summed E-state index contributed by atoms with van der Waals surface area (Å²) in [6, 6.07) is 15.2. The van der Waals surface area contributed by atoms with E-state index in [0.29, 0.717) is 46.6 Å². The van der Waals surface area contributed by atoms with Gasteiger partial charge >= 0.3 is 0 Å². The Hall–Kier alpha value is -4.36. The number of piperidine rings is 1. The van der Waals surface area contributed by atoms with E-state index in [0.717, 1.165) is 16.6 Å². The first-order valence-electron chi connectivity index (χ1n) is 11.8. The van der Waals surface area contributed by atoms with Crippen LogP contribution in [0.4, 0.5) is 10.1 Å². The molecule has 184 valence electrons. The van der Waals surface area contributed by atoms with Gasteiger partial charge in [-0.1, -0.05) is 29.8 Å². The Kier molecular flexibility index (Phi) is 5.57. The molecule has 1 saturated heterocycles. The summed E-state index contributed by atoms with van der Waals surface area (Å²) in [5.41, 5.74) is 3.10. The van der Waals surface area contributed by atoms with E-state index in [1.807, 2.05) is 41.3 Å². The van der Waals surface area contributed by atoms with Gasteiger partial charge in [-0.15, -0.1) is 15.3 Å². The van der Waals surface area contributed by atoms with Crippen LogP contribution in [-0.2, 0) is 12.7 Å². The molecule has 9 nitrogen and oxygen atoms in total. The van der Waals surface area contributed by atoms with Gasteiger partial charge in [-0.25, -0.2) is 4.39 Å². The summed E-state index contributed by atoms with van der Waals surface area (Å²) in [5.74, 6) is 0.321. The van der Waals surface area contributed by atoms with E-state index >= 15 is 4.39 Å². The molecule has 0 bridgehead atoms. The van der Waals surface area contributed by atoms with Crippen molar-refractivity contribution < 1.29 is 4.39 Å². The van der Waals surface area contributed by atoms with Crippen LogP contribution < -0.4 is 4.90 Å². The zero-order valence-electron chi connectivity index (χ0n) is 19.9. The average molecular weight is 514 g/mol. The zero-order chi connectivity index (χ0) is 25.6. The lowest BCUT2D eigenvalue weighted by molar-refractivity contribution is 0.109. The number of aryl methyl sites for hydroxylation is 1. The van der Waals surface area contributed by atoms with Crippen molar-refractivity contribution in [1.82, 2.24) is 34.6 Å². The van der Waals surface area contributed by atoms with Gasteiger partial charge in [-0.05, 0) is 24.3 Å². The molecule has 0 amide bonds. The van der Waals surface area contributed by atoms with Gasteiger partial charge in [0.1, 0.15) is 12.4 Å². The highest BCUT2D eigenvalue weighted by Gasteiger charge is 2.41. The van der Waals surface area contributed by atoms with Crippen molar-refractivity contribution in [2.75, 3.05) is 18.0 Å². The molecule has 0 N–H and O–H groups in total. The maximum atomic E-state index is 15.8. The van der Waals surface area contributed by atoms with E-state index in [2.05, 4.69) is 31.4 Å². The Morgan fingerprint density at radius 2 is 1.89 bits per heavy atom. The number of aromatic nitrogens is 7. The third kappa shape index (κ3) is 3.88. The van der Waals surface area contributed by atoms with Crippen LogP contribution in [0.3, 0.4) is 0 Å². The highest BCUT2D eigenvalue weighted by molar-refractivity contribution is 6.33. The number of hydrogen-bond donors (Lipinski definition) is 0. The summed E-state index contributed by atoms with van der Waals surface area (Å²) in [4.78, 5) is 6.65. The Morgan fingerprint density at radius 1 is 1.08 bits per heavy atom. The minimum atomic E-state index is -1.58. The van der Waals surface area contributed by atoms with Crippen LogP contribution >= 0.6 is 11.6 Å². The largest absolute Gasteiger partial charge is 0.368 e. The van der Waals surface area contributed by atoms with Gasteiger partial charge in [-0.3, -0.25) is 4.98 Å². The molecule has 0 spiro atoms. The molecule has 11 heteroatoms. The van der Waals surface area contributed by atoms with Crippen molar-refractivity contribution in [3.05, 3.63) is 77.6 Å². The monoisotopic (exact) mass is 513 g/mol. The molecule has 1 aliphatic rings. The molecule has 5 aromatic rings. The normalized spacial score (nSPS) is 15.1. The van der Waals surface area contributed by atoms with Crippen molar-refractivity contribution in [2.45, 2.75) is 18.5 Å². The molecule has 37 heavy (non-hydrogen) atoms. The lowest BCUT2D eigenvalue weighted by Crippen LogP contribution is -2.42. The van der Waals surface area contributed by atoms with Crippen molar-refractivity contribution in [3.8, 4) is 28.6 Å². The van der Waals surface area contributed by atoms with Gasteiger partial charge in [0, 0.05) is 44.7 Å². The van der Waals surface area contributed by atoms with E-state index in [9.17, 15) is 5.26 Å². The van der Waals surface area contributed by atoms with E-state index in [1.165, 1.54) is 11.0 Å². The number of anilines is 1. The van der Waals surface area contributed by atoms with Crippen LogP contribution in [0.15, 0.2) is 61.2 Å². The molecule has 1 fully saturated rings. The summed E-state index contributed by atoms with van der Waals surface area (Å²) in [6.45, 7) is 0.787. The highest BCUT2D eigenvalue weighted by Crippen LogP contribution is 2.41. The quantitative estimate of drug-likeness (QED) is 0.347. The zero-order valence-corrected chi connectivity index (χ0v) is 20.6. The molecule has 0 atom stereocenters. The van der Waals surface area contributed by atoms with Crippen molar-refractivity contribution in [2.24, 2.45) is 7.05 Å². The molecule has 0 aliphatic carbocycles. The van der Waals surface area contributed by atoms with E-state index in [4.69, 9.17) is 11.6 Å². The van der Waals surface area contributed by atoms with Crippen LogP contribution in [0.25, 0.3) is 28.0 Å². The molecule has 0 radical (unpaired) electrons. The first-order valence-corrected chi connectivity index (χ1v) is 12.1. The fourth-order valence-corrected chi connectivity index (χ4v) is 5.16. The minimum Gasteiger partial charge on any atom is -0.368 e. The number of alkyl halides is 1. The summed E-state index contributed by atoms with van der Waals surface area (Å²) in [7, 11) is 1.74. The molecular formula is C26H21ClFN9. The van der Waals surface area contributed by atoms with Gasteiger partial charge in [0.15, 0.2) is 11.5 Å². The maximum absolute atomic E-state index is 15.8. The second-order valence-electron chi connectivity index (χ2n) is 9.02. The lowest BCUT2D eigenvalue weighted by atomic mass is 9.91. The number of nitriles is 1. The Labute approximate surface area is 216 Å². The molecule has 0 saturated carbocycles. The lowest BCUT2D eigenvalue weighted by Gasteiger charge is -2.37. The molecule has 0 unspecified atom stereocenters. The Bertz CT molecular complexity index is 1660. The number of nitrogens with zero attached hydrogens (tertiary/aromatic N) is 9. The number of halogens is 2. The fourth-order valence-electron chi connectivity index (χ4n) is 4.93. The van der Waals surface area contributed by atoms with Crippen LogP contribution in [0.2, 0.25) is 5.02 Å². The van der Waals surface area contributed by atoms with Gasteiger partial charge in [0.25, 0.3) is 0 Å². The van der Waals surface area contributed by atoms with E-state index in [1.54, 1.807) is 30.1 Å². The second kappa shape index (κ2) is 8.94. The first kappa shape index (κ1) is 23.1. The maximum Gasteiger partial charge on any atom is 0.173 e. The van der Waals surface area contributed by atoms with Crippen LogP contribution in [-0.4, -0.2) is 47.7 Å². The molecule has 5 heterocycles. The number of pyridine rings is 1. The van der Waals surface area contributed by atoms with Crippen LogP contribution in [0.1, 0.15) is 24.2 Å². The number of hydrogen-bond acceptors (Lipinski definition) is 7. The van der Waals surface area contributed by atoms with Crippen molar-refractivity contribution in [3.63, 3.8) is 0 Å². The average Bonchev–Trinajstić information content (AvgIpc) is 3.55. The first-order chi connectivity index (χ1) is 18.0. The fraction of sp³-hybridized carbons (Fsp3) is 0.231. The van der Waals surface area contributed by atoms with E-state index < -0.39 is 5.67 Å². The van der Waals surface area contributed by atoms with Crippen molar-refractivity contribution >= 4 is 22.8 Å².